The predicted octanol–water partition coefficient (Wildman–Crippen LogP) is 2.58. The van der Waals surface area contributed by atoms with E-state index in [1.165, 1.54) is 0 Å². The molecule has 0 heterocycles. The number of rotatable bonds is 0. The molecule has 3 rings (SSSR count). The van der Waals surface area contributed by atoms with E-state index in [4.69, 9.17) is 0 Å². The fraction of sp³-hybridized carbons (Fsp3) is 1.00. The molecule has 0 amide bonds. The molecule has 3 aliphatic rings. The van der Waals surface area contributed by atoms with Gasteiger partial charge in [-0.2, -0.15) is 0 Å². The van der Waals surface area contributed by atoms with Crippen molar-refractivity contribution in [2.45, 2.75) is 64.6 Å². The molecule has 3 aliphatic carbocycles. The van der Waals surface area contributed by atoms with Gasteiger partial charge in [-0.1, -0.05) is 13.8 Å². The molecule has 2 nitrogen and oxygen atoms in total. The Bertz CT molecular complexity index is 343. The van der Waals surface area contributed by atoms with Gasteiger partial charge in [-0.15, -0.1) is 0 Å². The molecule has 0 saturated heterocycles. The van der Waals surface area contributed by atoms with Crippen LogP contribution in [0.15, 0.2) is 0 Å². The highest BCUT2D eigenvalue weighted by molar-refractivity contribution is 5.18. The summed E-state index contributed by atoms with van der Waals surface area (Å²) in [5.74, 6) is 1.95. The summed E-state index contributed by atoms with van der Waals surface area (Å²) < 4.78 is 0. The second kappa shape index (κ2) is 3.08. The largest absolute Gasteiger partial charge is 0.390 e. The Balaban J connectivity index is 1.99. The van der Waals surface area contributed by atoms with Crippen LogP contribution in [-0.2, 0) is 0 Å². The van der Waals surface area contributed by atoms with Crippen LogP contribution >= 0.6 is 0 Å². The summed E-state index contributed by atoms with van der Waals surface area (Å²) in [5.41, 5.74) is -0.738. The minimum atomic E-state index is -0.561. The zero-order valence-electron chi connectivity index (χ0n) is 11.5. The fourth-order valence-corrected chi connectivity index (χ4v) is 5.25. The van der Waals surface area contributed by atoms with Gasteiger partial charge in [-0.25, -0.2) is 0 Å². The molecule has 17 heavy (non-hydrogen) atoms. The van der Waals surface area contributed by atoms with Crippen LogP contribution in [0.4, 0.5) is 0 Å². The third-order valence-electron chi connectivity index (χ3n) is 6.40. The van der Waals surface area contributed by atoms with Crippen LogP contribution < -0.4 is 0 Å². The molecule has 3 saturated carbocycles. The molecule has 0 aromatic heterocycles. The van der Waals surface area contributed by atoms with Crippen molar-refractivity contribution < 1.29 is 10.2 Å². The van der Waals surface area contributed by atoms with Crippen molar-refractivity contribution in [3.8, 4) is 0 Å². The summed E-state index contributed by atoms with van der Waals surface area (Å²) in [5, 5.41) is 21.3. The van der Waals surface area contributed by atoms with Crippen LogP contribution in [0.5, 0.6) is 0 Å². The molecular formula is C15H26O2. The summed E-state index contributed by atoms with van der Waals surface area (Å²) >= 11 is 0. The minimum Gasteiger partial charge on any atom is -0.390 e. The summed E-state index contributed by atoms with van der Waals surface area (Å²) in [6.45, 7) is 8.66. The minimum absolute atomic E-state index is 0.300. The zero-order valence-corrected chi connectivity index (χ0v) is 11.5. The number of fused-ring (bicyclic) bond motifs is 3. The molecule has 0 aliphatic heterocycles. The molecule has 3 fully saturated rings. The van der Waals surface area contributed by atoms with Crippen molar-refractivity contribution in [2.24, 2.45) is 29.1 Å². The smallest absolute Gasteiger partial charge is 0.0654 e. The highest BCUT2D eigenvalue weighted by Gasteiger charge is 2.69. The SMILES string of the molecule is CC1(C)[C@@H]2[C@H]3[C@H](CC[C@]3(C)O)[C@](C)(O)CC[C@H]21. The van der Waals surface area contributed by atoms with E-state index in [1.807, 2.05) is 13.8 Å². The van der Waals surface area contributed by atoms with Gasteiger partial charge in [0.2, 0.25) is 0 Å². The van der Waals surface area contributed by atoms with Gasteiger partial charge in [0, 0.05) is 0 Å². The summed E-state index contributed by atoms with van der Waals surface area (Å²) in [7, 11) is 0. The second-order valence-electron chi connectivity index (χ2n) is 7.88. The van der Waals surface area contributed by atoms with Gasteiger partial charge in [-0.05, 0) is 68.6 Å². The Morgan fingerprint density at radius 1 is 0.765 bits per heavy atom. The van der Waals surface area contributed by atoms with E-state index < -0.39 is 11.2 Å². The lowest BCUT2D eigenvalue weighted by Gasteiger charge is -2.37. The lowest BCUT2D eigenvalue weighted by Crippen LogP contribution is -2.43. The second-order valence-corrected chi connectivity index (χ2v) is 7.88. The maximum Gasteiger partial charge on any atom is 0.0654 e. The highest BCUT2D eigenvalue weighted by Crippen LogP contribution is 2.71. The van der Waals surface area contributed by atoms with Gasteiger partial charge in [0.25, 0.3) is 0 Å². The third kappa shape index (κ3) is 1.46. The van der Waals surface area contributed by atoms with Gasteiger partial charge in [-0.3, -0.25) is 0 Å². The molecule has 0 radical (unpaired) electrons. The van der Waals surface area contributed by atoms with E-state index in [2.05, 4.69) is 13.8 Å². The van der Waals surface area contributed by atoms with Crippen molar-refractivity contribution in [2.75, 3.05) is 0 Å². The first kappa shape index (κ1) is 12.0. The first-order valence-corrected chi connectivity index (χ1v) is 7.13. The molecule has 0 bridgehead atoms. The van der Waals surface area contributed by atoms with Crippen LogP contribution in [-0.4, -0.2) is 21.4 Å². The summed E-state index contributed by atoms with van der Waals surface area (Å²) in [6.07, 6.45) is 3.89. The fourth-order valence-electron chi connectivity index (χ4n) is 5.25. The van der Waals surface area contributed by atoms with Crippen molar-refractivity contribution in [1.29, 1.82) is 0 Å². The topological polar surface area (TPSA) is 40.5 Å². The van der Waals surface area contributed by atoms with Gasteiger partial charge >= 0.3 is 0 Å². The number of hydrogen-bond acceptors (Lipinski definition) is 2. The number of aliphatic hydroxyl groups is 2. The average molecular weight is 238 g/mol. The van der Waals surface area contributed by atoms with Crippen molar-refractivity contribution in [3.05, 3.63) is 0 Å². The van der Waals surface area contributed by atoms with E-state index >= 15 is 0 Å². The third-order valence-corrected chi connectivity index (χ3v) is 6.40. The lowest BCUT2D eigenvalue weighted by molar-refractivity contribution is -0.0663. The maximum absolute atomic E-state index is 10.7. The molecule has 2 heteroatoms. The quantitative estimate of drug-likeness (QED) is 0.681. The first-order valence-electron chi connectivity index (χ1n) is 7.13. The number of hydrogen-bond donors (Lipinski definition) is 2. The monoisotopic (exact) mass is 238 g/mol. The van der Waals surface area contributed by atoms with Crippen LogP contribution in [0, 0.1) is 29.1 Å². The standard InChI is InChI=1S/C15H26O2/c1-13(2)9-5-7-14(3,16)10-6-8-15(4,17)12(10)11(9)13/h9-12,16-17H,5-8H2,1-4H3/t9-,10+,11+,12-,14-,15+/m1/s1. The molecule has 0 aromatic carbocycles. The highest BCUT2D eigenvalue weighted by atomic mass is 16.3. The van der Waals surface area contributed by atoms with E-state index in [9.17, 15) is 10.2 Å². The molecule has 2 N–H and O–H groups in total. The Kier molecular flexibility index (Phi) is 2.17. The molecular weight excluding hydrogens is 212 g/mol. The first-order chi connectivity index (χ1) is 7.68. The van der Waals surface area contributed by atoms with Crippen molar-refractivity contribution >= 4 is 0 Å². The Labute approximate surface area is 104 Å². The molecule has 0 spiro atoms. The van der Waals surface area contributed by atoms with Crippen LogP contribution in [0.1, 0.15) is 53.4 Å². The predicted molar refractivity (Wildman–Crippen MR) is 67.5 cm³/mol. The molecule has 0 aromatic rings. The van der Waals surface area contributed by atoms with Crippen LogP contribution in [0.2, 0.25) is 0 Å². The van der Waals surface area contributed by atoms with Gasteiger partial charge < -0.3 is 10.2 Å². The lowest BCUT2D eigenvalue weighted by atomic mass is 9.73. The van der Waals surface area contributed by atoms with Crippen LogP contribution in [0.3, 0.4) is 0 Å². The van der Waals surface area contributed by atoms with Gasteiger partial charge in [0.15, 0.2) is 0 Å². The maximum atomic E-state index is 10.7. The molecule has 0 unspecified atom stereocenters. The summed E-state index contributed by atoms with van der Waals surface area (Å²) in [4.78, 5) is 0. The Hall–Kier alpha value is -0.0800. The average Bonchev–Trinajstić information content (AvgIpc) is 2.59. The molecule has 98 valence electrons. The van der Waals surface area contributed by atoms with E-state index in [-0.39, 0.29) is 0 Å². The van der Waals surface area contributed by atoms with E-state index in [1.54, 1.807) is 0 Å². The zero-order chi connectivity index (χ0) is 12.6. The van der Waals surface area contributed by atoms with E-state index in [0.717, 1.165) is 25.7 Å². The van der Waals surface area contributed by atoms with Crippen molar-refractivity contribution in [3.63, 3.8) is 0 Å². The summed E-state index contributed by atoms with van der Waals surface area (Å²) in [6, 6.07) is 0. The van der Waals surface area contributed by atoms with E-state index in [0.29, 0.717) is 29.1 Å². The van der Waals surface area contributed by atoms with Gasteiger partial charge in [0.05, 0.1) is 11.2 Å². The Morgan fingerprint density at radius 3 is 1.94 bits per heavy atom. The van der Waals surface area contributed by atoms with Crippen molar-refractivity contribution in [1.82, 2.24) is 0 Å². The van der Waals surface area contributed by atoms with Gasteiger partial charge in [0.1, 0.15) is 0 Å². The van der Waals surface area contributed by atoms with Crippen LogP contribution in [0.25, 0.3) is 0 Å². The normalized spacial score (nSPS) is 60.4. The molecule has 6 atom stereocenters. The Morgan fingerprint density at radius 2 is 1.29 bits per heavy atom.